The zero-order valence-corrected chi connectivity index (χ0v) is 16.1. The monoisotopic (exact) mass is 372 g/mol. The lowest BCUT2D eigenvalue weighted by Crippen LogP contribution is -2.13. The van der Waals surface area contributed by atoms with Crippen LogP contribution in [0.1, 0.15) is 51.0 Å². The summed E-state index contributed by atoms with van der Waals surface area (Å²) in [6.07, 6.45) is 17.1. The van der Waals surface area contributed by atoms with Gasteiger partial charge in [0.1, 0.15) is 5.82 Å². The van der Waals surface area contributed by atoms with Crippen LogP contribution >= 0.6 is 11.6 Å². The van der Waals surface area contributed by atoms with E-state index in [0.29, 0.717) is 11.4 Å². The average Bonchev–Trinajstić information content (AvgIpc) is 2.68. The molecule has 1 aromatic heterocycles. The van der Waals surface area contributed by atoms with Crippen molar-refractivity contribution in [3.05, 3.63) is 59.1 Å². The molecule has 2 aromatic rings. The molecule has 0 N–H and O–H groups in total. The van der Waals surface area contributed by atoms with E-state index >= 15 is 0 Å². The summed E-state index contributed by atoms with van der Waals surface area (Å²) in [5.74, 6) is 1.69. The van der Waals surface area contributed by atoms with E-state index in [2.05, 4.69) is 29.0 Å². The van der Waals surface area contributed by atoms with E-state index in [-0.39, 0.29) is 5.02 Å². The first-order valence-electron chi connectivity index (χ1n) is 9.58. The zero-order chi connectivity index (χ0) is 18.4. The number of halogens is 2. The lowest BCUT2D eigenvalue weighted by atomic mass is 9.79. The Kier molecular flexibility index (Phi) is 6.79. The number of rotatable bonds is 6. The molecular weight excluding hydrogens is 347 g/mol. The molecule has 0 unspecified atom stereocenters. The predicted octanol–water partition coefficient (Wildman–Crippen LogP) is 6.64. The highest BCUT2D eigenvalue weighted by molar-refractivity contribution is 6.30. The number of hydrogen-bond acceptors (Lipinski definition) is 2. The first-order chi connectivity index (χ1) is 12.7. The van der Waals surface area contributed by atoms with Crippen LogP contribution in [0.5, 0.6) is 0 Å². The minimum Gasteiger partial charge on any atom is -0.236 e. The molecule has 2 nitrogen and oxygen atoms in total. The third-order valence-electron chi connectivity index (χ3n) is 5.26. The van der Waals surface area contributed by atoms with Crippen molar-refractivity contribution in [3.8, 4) is 11.4 Å². The van der Waals surface area contributed by atoms with E-state index in [4.69, 9.17) is 11.6 Å². The molecule has 1 saturated carbocycles. The largest absolute Gasteiger partial charge is 0.236 e. The Labute approximate surface area is 160 Å². The normalized spacial score (nSPS) is 20.6. The van der Waals surface area contributed by atoms with Gasteiger partial charge >= 0.3 is 0 Å². The smallest absolute Gasteiger partial charge is 0.159 e. The van der Waals surface area contributed by atoms with E-state index in [1.165, 1.54) is 44.2 Å². The maximum absolute atomic E-state index is 13.6. The fraction of sp³-hybridized carbons (Fsp3) is 0.455. The highest BCUT2D eigenvalue weighted by Crippen LogP contribution is 2.32. The van der Waals surface area contributed by atoms with E-state index in [1.807, 2.05) is 12.4 Å². The van der Waals surface area contributed by atoms with Crippen molar-refractivity contribution in [2.45, 2.75) is 51.9 Å². The molecular formula is C22H26ClFN2. The minimum atomic E-state index is -0.443. The molecule has 0 spiro atoms. The first-order valence-corrected chi connectivity index (χ1v) is 9.96. The third kappa shape index (κ3) is 5.14. The van der Waals surface area contributed by atoms with Gasteiger partial charge in [-0.1, -0.05) is 30.7 Å². The summed E-state index contributed by atoms with van der Waals surface area (Å²) < 4.78 is 13.6. The van der Waals surface area contributed by atoms with Crippen molar-refractivity contribution in [3.63, 3.8) is 0 Å². The molecule has 0 radical (unpaired) electrons. The van der Waals surface area contributed by atoms with Crippen LogP contribution in [0, 0.1) is 17.7 Å². The standard InChI is InChI=1S/C22H26ClFN2/c1-2-3-4-16-5-7-17(8-6-16)9-10-18-14-25-22(26-15-18)19-11-12-20(23)21(24)13-19/h3-4,11-17H,2,5-10H2,1H3/b4-3+/t16-,17-. The van der Waals surface area contributed by atoms with Gasteiger partial charge in [0.25, 0.3) is 0 Å². The van der Waals surface area contributed by atoms with Gasteiger partial charge in [0.05, 0.1) is 5.02 Å². The van der Waals surface area contributed by atoms with Crippen LogP contribution in [-0.4, -0.2) is 9.97 Å². The van der Waals surface area contributed by atoms with Crippen LogP contribution in [0.4, 0.5) is 4.39 Å². The maximum Gasteiger partial charge on any atom is 0.159 e. The van der Waals surface area contributed by atoms with Gasteiger partial charge in [0, 0.05) is 18.0 Å². The van der Waals surface area contributed by atoms with Gasteiger partial charge in [-0.25, -0.2) is 14.4 Å². The Morgan fingerprint density at radius 1 is 1.15 bits per heavy atom. The molecule has 4 heteroatoms. The molecule has 3 rings (SSSR count). The summed E-state index contributed by atoms with van der Waals surface area (Å²) in [5.41, 5.74) is 1.80. The summed E-state index contributed by atoms with van der Waals surface area (Å²) in [6, 6.07) is 4.66. The minimum absolute atomic E-state index is 0.116. The Hall–Kier alpha value is -1.74. The molecule has 138 valence electrons. The molecule has 0 bridgehead atoms. The van der Waals surface area contributed by atoms with Gasteiger partial charge < -0.3 is 0 Å². The Bertz CT molecular complexity index is 734. The second-order valence-electron chi connectivity index (χ2n) is 7.20. The van der Waals surface area contributed by atoms with Crippen LogP contribution in [0.15, 0.2) is 42.7 Å². The second-order valence-corrected chi connectivity index (χ2v) is 7.61. The van der Waals surface area contributed by atoms with Crippen LogP contribution in [0.25, 0.3) is 11.4 Å². The number of allylic oxidation sites excluding steroid dienone is 2. The van der Waals surface area contributed by atoms with E-state index in [9.17, 15) is 4.39 Å². The molecule has 1 fully saturated rings. The van der Waals surface area contributed by atoms with Crippen LogP contribution in [0.3, 0.4) is 0 Å². The molecule has 1 aliphatic carbocycles. The van der Waals surface area contributed by atoms with E-state index in [0.717, 1.165) is 30.2 Å². The summed E-state index contributed by atoms with van der Waals surface area (Å²) in [5, 5.41) is 0.116. The van der Waals surface area contributed by atoms with Gasteiger partial charge in [0.15, 0.2) is 5.82 Å². The van der Waals surface area contributed by atoms with Crippen LogP contribution in [-0.2, 0) is 6.42 Å². The Morgan fingerprint density at radius 3 is 2.54 bits per heavy atom. The van der Waals surface area contributed by atoms with Crippen molar-refractivity contribution in [1.29, 1.82) is 0 Å². The fourth-order valence-electron chi connectivity index (χ4n) is 3.64. The number of benzene rings is 1. The maximum atomic E-state index is 13.6. The summed E-state index contributed by atoms with van der Waals surface area (Å²) in [6.45, 7) is 2.19. The van der Waals surface area contributed by atoms with Gasteiger partial charge in [-0.15, -0.1) is 0 Å². The van der Waals surface area contributed by atoms with Crippen molar-refractivity contribution in [2.24, 2.45) is 11.8 Å². The van der Waals surface area contributed by atoms with Crippen molar-refractivity contribution in [1.82, 2.24) is 9.97 Å². The predicted molar refractivity (Wildman–Crippen MR) is 106 cm³/mol. The molecule has 1 aliphatic rings. The van der Waals surface area contributed by atoms with Crippen LogP contribution in [0.2, 0.25) is 5.02 Å². The lowest BCUT2D eigenvalue weighted by molar-refractivity contribution is 0.296. The van der Waals surface area contributed by atoms with Crippen LogP contribution < -0.4 is 0 Å². The summed E-state index contributed by atoms with van der Waals surface area (Å²) in [7, 11) is 0. The molecule has 26 heavy (non-hydrogen) atoms. The SMILES string of the molecule is CC/C=C/[C@H]1CC[C@H](CCc2cnc(-c3ccc(Cl)c(F)c3)nc2)CC1. The average molecular weight is 373 g/mol. The van der Waals surface area contributed by atoms with Gasteiger partial charge in [-0.3, -0.25) is 0 Å². The molecule has 1 aromatic carbocycles. The lowest BCUT2D eigenvalue weighted by Gasteiger charge is -2.26. The number of aryl methyl sites for hydroxylation is 1. The molecule has 0 saturated heterocycles. The zero-order valence-electron chi connectivity index (χ0n) is 15.3. The van der Waals surface area contributed by atoms with Gasteiger partial charge in [-0.2, -0.15) is 0 Å². The van der Waals surface area contributed by atoms with Crippen molar-refractivity contribution in [2.75, 3.05) is 0 Å². The molecule has 1 heterocycles. The topological polar surface area (TPSA) is 25.8 Å². The molecule has 0 atom stereocenters. The van der Waals surface area contributed by atoms with Gasteiger partial charge in [0.2, 0.25) is 0 Å². The fourth-order valence-corrected chi connectivity index (χ4v) is 3.75. The van der Waals surface area contributed by atoms with Crippen molar-refractivity contribution >= 4 is 11.6 Å². The Balaban J connectivity index is 1.50. The number of hydrogen-bond donors (Lipinski definition) is 0. The number of aromatic nitrogens is 2. The second kappa shape index (κ2) is 9.27. The molecule has 0 aliphatic heterocycles. The summed E-state index contributed by atoms with van der Waals surface area (Å²) in [4.78, 5) is 8.80. The first kappa shape index (κ1) is 19.0. The third-order valence-corrected chi connectivity index (χ3v) is 5.57. The quantitative estimate of drug-likeness (QED) is 0.531. The molecule has 0 amide bonds. The Morgan fingerprint density at radius 2 is 1.88 bits per heavy atom. The van der Waals surface area contributed by atoms with E-state index in [1.54, 1.807) is 6.07 Å². The van der Waals surface area contributed by atoms with Crippen molar-refractivity contribution < 1.29 is 4.39 Å². The summed E-state index contributed by atoms with van der Waals surface area (Å²) >= 11 is 5.72. The highest BCUT2D eigenvalue weighted by Gasteiger charge is 2.19. The number of nitrogens with zero attached hydrogens (tertiary/aromatic N) is 2. The highest BCUT2D eigenvalue weighted by atomic mass is 35.5. The van der Waals surface area contributed by atoms with Gasteiger partial charge in [-0.05, 0) is 80.5 Å². The van der Waals surface area contributed by atoms with E-state index < -0.39 is 5.82 Å².